The number of hydrogen-bond donors (Lipinski definition) is 2. The van der Waals surface area contributed by atoms with E-state index >= 15 is 0 Å². The maximum Gasteiger partial charge on any atom is 0.241 e. The zero-order valence-corrected chi connectivity index (χ0v) is 20.7. The van der Waals surface area contributed by atoms with E-state index in [0.29, 0.717) is 30.8 Å². The van der Waals surface area contributed by atoms with Gasteiger partial charge in [-0.2, -0.15) is 4.72 Å². The van der Waals surface area contributed by atoms with Gasteiger partial charge in [0.25, 0.3) is 0 Å². The van der Waals surface area contributed by atoms with Crippen LogP contribution in [0.3, 0.4) is 0 Å². The minimum atomic E-state index is -3.94. The van der Waals surface area contributed by atoms with Crippen LogP contribution in [-0.2, 0) is 32.6 Å². The number of amides is 2. The Morgan fingerprint density at radius 1 is 1.12 bits per heavy atom. The van der Waals surface area contributed by atoms with Crippen molar-refractivity contribution in [1.29, 1.82) is 0 Å². The van der Waals surface area contributed by atoms with Crippen molar-refractivity contribution in [2.75, 3.05) is 11.4 Å². The fraction of sp³-hybridized carbons (Fsp3) is 0.417. The van der Waals surface area contributed by atoms with Gasteiger partial charge in [-0.25, -0.2) is 8.42 Å². The highest BCUT2D eigenvalue weighted by Gasteiger charge is 2.29. The smallest absolute Gasteiger partial charge is 0.241 e. The van der Waals surface area contributed by atoms with E-state index in [4.69, 9.17) is 11.6 Å². The minimum absolute atomic E-state index is 0.0110. The number of nitrogens with zero attached hydrogens (tertiary/aromatic N) is 1. The number of hydrogen-bond acceptors (Lipinski definition) is 4. The summed E-state index contributed by atoms with van der Waals surface area (Å²) >= 11 is 5.90. The number of carbonyl (C=O) groups is 2. The topological polar surface area (TPSA) is 95.6 Å². The quantitative estimate of drug-likeness (QED) is 0.559. The van der Waals surface area contributed by atoms with Crippen molar-refractivity contribution in [3.8, 4) is 0 Å². The lowest BCUT2D eigenvalue weighted by atomic mass is 10.0. The van der Waals surface area contributed by atoms with Gasteiger partial charge in [0, 0.05) is 30.2 Å². The number of benzene rings is 2. The number of fused-ring (bicyclic) bond motifs is 1. The molecule has 2 aromatic rings. The summed E-state index contributed by atoms with van der Waals surface area (Å²) in [7, 11) is -3.94. The standard InChI is InChI=1S/C24H30ClN3O4S/c1-4-23(29)28-12-11-18-14-20(9-10-22(18)28)33(31,32)27-21(13-16(2)3)24(30)26-15-17-5-7-19(25)8-6-17/h5-10,14,16,21,27H,4,11-13,15H2,1-3H3,(H,26,30)/t21-/m1/s1. The lowest BCUT2D eigenvalue weighted by Crippen LogP contribution is -2.47. The molecule has 2 amide bonds. The van der Waals surface area contributed by atoms with Gasteiger partial charge in [-0.1, -0.05) is 44.5 Å². The number of anilines is 1. The van der Waals surface area contributed by atoms with Crippen molar-refractivity contribution in [3.05, 3.63) is 58.6 Å². The number of nitrogens with one attached hydrogen (secondary N) is 2. The van der Waals surface area contributed by atoms with Crippen molar-refractivity contribution in [2.24, 2.45) is 5.92 Å². The molecule has 0 bridgehead atoms. The summed E-state index contributed by atoms with van der Waals surface area (Å²) in [4.78, 5) is 26.7. The summed E-state index contributed by atoms with van der Waals surface area (Å²) in [6, 6.07) is 10.9. The fourth-order valence-corrected chi connectivity index (χ4v) is 5.23. The summed E-state index contributed by atoms with van der Waals surface area (Å²) in [6.07, 6.45) is 1.35. The van der Waals surface area contributed by atoms with Crippen LogP contribution in [0.1, 0.15) is 44.7 Å². The molecule has 3 rings (SSSR count). The molecular formula is C24H30ClN3O4S. The molecule has 9 heteroatoms. The van der Waals surface area contributed by atoms with Crippen LogP contribution in [0.4, 0.5) is 5.69 Å². The number of rotatable bonds is 9. The van der Waals surface area contributed by atoms with Crippen LogP contribution in [0, 0.1) is 5.92 Å². The summed E-state index contributed by atoms with van der Waals surface area (Å²) in [5.74, 6) is -0.271. The molecule has 1 heterocycles. The van der Waals surface area contributed by atoms with Gasteiger partial charge in [0.05, 0.1) is 4.90 Å². The molecule has 0 saturated carbocycles. The largest absolute Gasteiger partial charge is 0.351 e. The second-order valence-corrected chi connectivity index (χ2v) is 10.7. The zero-order valence-electron chi connectivity index (χ0n) is 19.1. The summed E-state index contributed by atoms with van der Waals surface area (Å²) in [5, 5.41) is 3.41. The Bertz CT molecular complexity index is 1120. The van der Waals surface area contributed by atoms with E-state index in [0.717, 1.165) is 16.8 Å². The summed E-state index contributed by atoms with van der Waals surface area (Å²) in [6.45, 7) is 6.48. The lowest BCUT2D eigenvalue weighted by molar-refractivity contribution is -0.123. The Morgan fingerprint density at radius 3 is 2.45 bits per heavy atom. The Morgan fingerprint density at radius 2 is 1.82 bits per heavy atom. The van der Waals surface area contributed by atoms with E-state index in [2.05, 4.69) is 10.0 Å². The van der Waals surface area contributed by atoms with Crippen molar-refractivity contribution in [3.63, 3.8) is 0 Å². The van der Waals surface area contributed by atoms with Crippen LogP contribution < -0.4 is 14.9 Å². The maximum atomic E-state index is 13.1. The maximum absolute atomic E-state index is 13.1. The van der Waals surface area contributed by atoms with E-state index in [1.54, 1.807) is 48.2 Å². The summed E-state index contributed by atoms with van der Waals surface area (Å²) in [5.41, 5.74) is 2.43. The van der Waals surface area contributed by atoms with Crippen LogP contribution in [-0.4, -0.2) is 32.8 Å². The van der Waals surface area contributed by atoms with Gasteiger partial charge >= 0.3 is 0 Å². The first-order chi connectivity index (χ1) is 15.6. The van der Waals surface area contributed by atoms with Crippen LogP contribution in [0.15, 0.2) is 47.4 Å². The minimum Gasteiger partial charge on any atom is -0.351 e. The third-order valence-electron chi connectivity index (χ3n) is 5.56. The van der Waals surface area contributed by atoms with Gasteiger partial charge < -0.3 is 10.2 Å². The Kier molecular flexibility index (Phi) is 8.15. The molecule has 2 aromatic carbocycles. The first kappa shape index (κ1) is 25.2. The van der Waals surface area contributed by atoms with Gasteiger partial charge in [0.1, 0.15) is 6.04 Å². The fourth-order valence-electron chi connectivity index (χ4n) is 3.85. The second-order valence-electron chi connectivity index (χ2n) is 8.59. The summed E-state index contributed by atoms with van der Waals surface area (Å²) < 4.78 is 28.8. The van der Waals surface area contributed by atoms with E-state index in [1.807, 2.05) is 13.8 Å². The molecule has 0 unspecified atom stereocenters. The average molecular weight is 492 g/mol. The first-order valence-corrected chi connectivity index (χ1v) is 12.9. The SMILES string of the molecule is CCC(=O)N1CCc2cc(S(=O)(=O)N[C@H](CC(C)C)C(=O)NCc3ccc(Cl)cc3)ccc21. The van der Waals surface area contributed by atoms with Crippen LogP contribution >= 0.6 is 11.6 Å². The highest BCUT2D eigenvalue weighted by molar-refractivity contribution is 7.89. The van der Waals surface area contributed by atoms with Crippen LogP contribution in [0.5, 0.6) is 0 Å². The highest BCUT2D eigenvalue weighted by Crippen LogP contribution is 2.30. The molecule has 0 spiro atoms. The van der Waals surface area contributed by atoms with Crippen LogP contribution in [0.2, 0.25) is 5.02 Å². The Balaban J connectivity index is 1.74. The van der Waals surface area contributed by atoms with E-state index in [1.165, 1.54) is 6.07 Å². The molecule has 0 aromatic heterocycles. The molecule has 33 heavy (non-hydrogen) atoms. The molecular weight excluding hydrogens is 462 g/mol. The van der Waals surface area contributed by atoms with E-state index in [9.17, 15) is 18.0 Å². The highest BCUT2D eigenvalue weighted by atomic mass is 35.5. The lowest BCUT2D eigenvalue weighted by Gasteiger charge is -2.21. The average Bonchev–Trinajstić information content (AvgIpc) is 3.20. The molecule has 0 aliphatic carbocycles. The number of carbonyl (C=O) groups excluding carboxylic acids is 2. The normalized spacial score (nSPS) is 14.3. The number of sulfonamides is 1. The monoisotopic (exact) mass is 491 g/mol. The van der Waals surface area contributed by atoms with Crippen molar-refractivity contribution < 1.29 is 18.0 Å². The molecule has 2 N–H and O–H groups in total. The third kappa shape index (κ3) is 6.34. The first-order valence-electron chi connectivity index (χ1n) is 11.1. The molecule has 7 nitrogen and oxygen atoms in total. The molecule has 0 fully saturated rings. The van der Waals surface area contributed by atoms with Crippen molar-refractivity contribution >= 4 is 39.1 Å². The van der Waals surface area contributed by atoms with Gasteiger partial charge in [-0.05, 0) is 60.2 Å². The predicted molar refractivity (Wildman–Crippen MR) is 130 cm³/mol. The molecule has 1 aliphatic rings. The van der Waals surface area contributed by atoms with Gasteiger partial charge in [-0.15, -0.1) is 0 Å². The third-order valence-corrected chi connectivity index (χ3v) is 7.28. The Hall–Kier alpha value is -2.42. The van der Waals surface area contributed by atoms with Crippen molar-refractivity contribution in [2.45, 2.75) is 57.5 Å². The van der Waals surface area contributed by atoms with Gasteiger partial charge in [0.2, 0.25) is 21.8 Å². The van der Waals surface area contributed by atoms with E-state index < -0.39 is 16.1 Å². The van der Waals surface area contributed by atoms with E-state index in [-0.39, 0.29) is 29.2 Å². The molecule has 178 valence electrons. The predicted octanol–water partition coefficient (Wildman–Crippen LogP) is 3.65. The second kappa shape index (κ2) is 10.7. The van der Waals surface area contributed by atoms with Gasteiger partial charge in [-0.3, -0.25) is 9.59 Å². The zero-order chi connectivity index (χ0) is 24.2. The molecule has 0 radical (unpaired) electrons. The number of halogens is 1. The van der Waals surface area contributed by atoms with Crippen molar-refractivity contribution in [1.82, 2.24) is 10.0 Å². The molecule has 1 atom stereocenters. The Labute approximate surface area is 200 Å². The van der Waals surface area contributed by atoms with Gasteiger partial charge in [0.15, 0.2) is 0 Å². The molecule has 0 saturated heterocycles. The molecule has 1 aliphatic heterocycles. The van der Waals surface area contributed by atoms with Crippen LogP contribution in [0.25, 0.3) is 0 Å².